The summed E-state index contributed by atoms with van der Waals surface area (Å²) in [6.45, 7) is 8.23. The van der Waals surface area contributed by atoms with Crippen LogP contribution in [0.5, 0.6) is 11.5 Å². The zero-order valence-corrected chi connectivity index (χ0v) is 20.7. The van der Waals surface area contributed by atoms with E-state index in [0.29, 0.717) is 17.1 Å². The van der Waals surface area contributed by atoms with Crippen molar-refractivity contribution >= 4 is 23.0 Å². The van der Waals surface area contributed by atoms with Crippen molar-refractivity contribution in [3.8, 4) is 11.5 Å². The van der Waals surface area contributed by atoms with Crippen LogP contribution in [-0.2, 0) is 10.3 Å². The third kappa shape index (κ3) is 3.19. The number of nitrogens with one attached hydrogen (secondary N) is 1. The molecule has 0 bridgehead atoms. The second-order valence-electron chi connectivity index (χ2n) is 9.19. The van der Waals surface area contributed by atoms with Crippen LogP contribution in [0.3, 0.4) is 0 Å². The second kappa shape index (κ2) is 8.45. The number of fused-ring (bicyclic) bond motifs is 6. The molecule has 2 aliphatic heterocycles. The van der Waals surface area contributed by atoms with Crippen LogP contribution in [0.25, 0.3) is 0 Å². The van der Waals surface area contributed by atoms with Crippen LogP contribution >= 0.6 is 0 Å². The fraction of sp³-hybridized carbons (Fsp3) is 0.194. The van der Waals surface area contributed by atoms with Gasteiger partial charge in [-0.3, -0.25) is 0 Å². The van der Waals surface area contributed by atoms with Crippen molar-refractivity contribution in [2.75, 3.05) is 23.3 Å². The first-order valence-corrected chi connectivity index (χ1v) is 12.4. The summed E-state index contributed by atoms with van der Waals surface area (Å²) in [5.41, 5.74) is 5.91. The molecule has 0 atom stereocenters. The molecular formula is C31H28N2O3. The average molecular weight is 477 g/mol. The highest BCUT2D eigenvalue weighted by Gasteiger charge is 2.54. The molecule has 1 N–H and O–H groups in total. The lowest BCUT2D eigenvalue weighted by Gasteiger charge is -2.36. The van der Waals surface area contributed by atoms with Crippen LogP contribution in [0.4, 0.5) is 17.1 Å². The normalized spacial score (nSPS) is 14.4. The lowest BCUT2D eigenvalue weighted by molar-refractivity contribution is 0.0225. The summed E-state index contributed by atoms with van der Waals surface area (Å²) < 4.78 is 12.6. The van der Waals surface area contributed by atoms with Crippen LogP contribution in [0.2, 0.25) is 0 Å². The smallest absolute Gasteiger partial charge is 0.342 e. The van der Waals surface area contributed by atoms with Crippen LogP contribution < -0.4 is 15.0 Å². The minimum Gasteiger partial charge on any atom is -0.456 e. The molecule has 5 heteroatoms. The topological polar surface area (TPSA) is 50.8 Å². The van der Waals surface area contributed by atoms with Crippen LogP contribution in [0.1, 0.15) is 46.5 Å². The zero-order valence-electron chi connectivity index (χ0n) is 20.7. The van der Waals surface area contributed by atoms with Crippen molar-refractivity contribution in [2.24, 2.45) is 0 Å². The molecule has 6 rings (SSSR count). The van der Waals surface area contributed by atoms with Crippen molar-refractivity contribution in [1.29, 1.82) is 0 Å². The van der Waals surface area contributed by atoms with Gasteiger partial charge in [-0.15, -0.1) is 0 Å². The summed E-state index contributed by atoms with van der Waals surface area (Å²) in [7, 11) is 0. The number of esters is 1. The number of nitrogens with zero attached hydrogens (tertiary/aromatic N) is 1. The molecule has 2 heterocycles. The molecule has 36 heavy (non-hydrogen) atoms. The van der Waals surface area contributed by atoms with Crippen molar-refractivity contribution in [3.63, 3.8) is 0 Å². The Morgan fingerprint density at radius 2 is 1.42 bits per heavy atom. The molecule has 0 radical (unpaired) electrons. The highest BCUT2D eigenvalue weighted by atomic mass is 16.6. The molecule has 1 spiro atoms. The van der Waals surface area contributed by atoms with Gasteiger partial charge in [0.05, 0.1) is 11.3 Å². The van der Waals surface area contributed by atoms with Gasteiger partial charge < -0.3 is 19.7 Å². The minimum atomic E-state index is -1.06. The number of hydrogen-bond acceptors (Lipinski definition) is 5. The summed E-state index contributed by atoms with van der Waals surface area (Å²) in [5, 5.41) is 3.56. The quantitative estimate of drug-likeness (QED) is 0.310. The summed E-state index contributed by atoms with van der Waals surface area (Å²) in [6, 6.07) is 27.9. The molecule has 0 amide bonds. The van der Waals surface area contributed by atoms with E-state index in [-0.39, 0.29) is 5.97 Å². The van der Waals surface area contributed by atoms with E-state index in [9.17, 15) is 4.79 Å². The average Bonchev–Trinajstić information content (AvgIpc) is 3.20. The Kier molecular flexibility index (Phi) is 5.22. The van der Waals surface area contributed by atoms with Crippen molar-refractivity contribution < 1.29 is 14.3 Å². The van der Waals surface area contributed by atoms with E-state index in [1.807, 2.05) is 66.7 Å². The number of rotatable bonds is 5. The Morgan fingerprint density at radius 3 is 2.08 bits per heavy atom. The highest BCUT2D eigenvalue weighted by molar-refractivity contribution is 6.03. The van der Waals surface area contributed by atoms with E-state index in [1.54, 1.807) is 0 Å². The maximum atomic E-state index is 13.6. The standard InChI is InChI=1S/C31H28N2O3/c1-4-33(5-2)21-18-17-20(3)26(19-21)32-25-14-10-13-24-29(25)30(34)36-31(24)22-11-6-8-15-27(22)35-28-16-9-7-12-23(28)31/h6-19,32H,4-5H2,1-3H3. The van der Waals surface area contributed by atoms with Crippen LogP contribution in [0, 0.1) is 6.92 Å². The molecule has 0 unspecified atom stereocenters. The number of hydrogen-bond donors (Lipinski definition) is 1. The van der Waals surface area contributed by atoms with Gasteiger partial charge in [-0.1, -0.05) is 54.6 Å². The third-order valence-electron chi connectivity index (χ3n) is 7.27. The fourth-order valence-electron chi connectivity index (χ4n) is 5.45. The highest BCUT2D eigenvalue weighted by Crippen LogP contribution is 2.56. The number of para-hydroxylation sites is 2. The first-order valence-electron chi connectivity index (χ1n) is 12.4. The van der Waals surface area contributed by atoms with Crippen LogP contribution in [-0.4, -0.2) is 19.1 Å². The van der Waals surface area contributed by atoms with Gasteiger partial charge in [0, 0.05) is 41.2 Å². The Balaban J connectivity index is 1.52. The van der Waals surface area contributed by atoms with E-state index in [0.717, 1.165) is 52.4 Å². The van der Waals surface area contributed by atoms with Gasteiger partial charge >= 0.3 is 5.97 Å². The molecule has 4 aromatic rings. The summed E-state index contributed by atoms with van der Waals surface area (Å²) in [6.07, 6.45) is 0. The molecular weight excluding hydrogens is 448 g/mol. The van der Waals surface area contributed by atoms with Gasteiger partial charge in [0.15, 0.2) is 5.60 Å². The molecule has 0 aliphatic carbocycles. The maximum Gasteiger partial charge on any atom is 0.342 e. The minimum absolute atomic E-state index is 0.350. The van der Waals surface area contributed by atoms with Crippen LogP contribution in [0.15, 0.2) is 84.9 Å². The molecule has 0 saturated carbocycles. The van der Waals surface area contributed by atoms with Gasteiger partial charge in [0.25, 0.3) is 0 Å². The SMILES string of the molecule is CCN(CC)c1ccc(C)c(Nc2cccc3c2C(=O)OC32c3ccccc3Oc3ccccc32)c1. The summed E-state index contributed by atoms with van der Waals surface area (Å²) in [4.78, 5) is 15.9. The Bertz CT molecular complexity index is 1440. The zero-order chi connectivity index (χ0) is 24.9. The van der Waals surface area contributed by atoms with Crippen molar-refractivity contribution in [2.45, 2.75) is 26.4 Å². The number of benzene rings is 4. The molecule has 0 saturated heterocycles. The maximum absolute atomic E-state index is 13.6. The number of anilines is 3. The molecule has 2 aliphatic rings. The monoisotopic (exact) mass is 476 g/mol. The predicted molar refractivity (Wildman–Crippen MR) is 143 cm³/mol. The predicted octanol–water partition coefficient (Wildman–Crippen LogP) is 7.15. The van der Waals surface area contributed by atoms with Crippen molar-refractivity contribution in [1.82, 2.24) is 0 Å². The van der Waals surface area contributed by atoms with Gasteiger partial charge in [0.1, 0.15) is 11.5 Å². The summed E-state index contributed by atoms with van der Waals surface area (Å²) >= 11 is 0. The van der Waals surface area contributed by atoms with E-state index < -0.39 is 5.60 Å². The number of carbonyl (C=O) groups excluding carboxylic acids is 1. The number of carbonyl (C=O) groups is 1. The van der Waals surface area contributed by atoms with E-state index in [1.165, 1.54) is 0 Å². The fourth-order valence-corrected chi connectivity index (χ4v) is 5.45. The van der Waals surface area contributed by atoms with E-state index >= 15 is 0 Å². The molecule has 0 aromatic heterocycles. The lowest BCUT2D eigenvalue weighted by Crippen LogP contribution is -2.32. The molecule has 5 nitrogen and oxygen atoms in total. The second-order valence-corrected chi connectivity index (χ2v) is 9.19. The largest absolute Gasteiger partial charge is 0.456 e. The first kappa shape index (κ1) is 22.2. The lowest BCUT2D eigenvalue weighted by atomic mass is 9.77. The summed E-state index contributed by atoms with van der Waals surface area (Å²) in [5.74, 6) is 1.04. The Hall–Kier alpha value is -4.25. The molecule has 0 fully saturated rings. The van der Waals surface area contributed by atoms with Gasteiger partial charge in [-0.2, -0.15) is 0 Å². The third-order valence-corrected chi connectivity index (χ3v) is 7.27. The van der Waals surface area contributed by atoms with E-state index in [4.69, 9.17) is 9.47 Å². The number of ether oxygens (including phenoxy) is 2. The van der Waals surface area contributed by atoms with Gasteiger partial charge in [0.2, 0.25) is 0 Å². The molecule has 4 aromatic carbocycles. The molecule has 180 valence electrons. The van der Waals surface area contributed by atoms with Crippen molar-refractivity contribution in [3.05, 3.63) is 113 Å². The van der Waals surface area contributed by atoms with E-state index in [2.05, 4.69) is 49.2 Å². The number of aryl methyl sites for hydroxylation is 1. The van der Waals surface area contributed by atoms with Gasteiger partial charge in [-0.05, 0) is 56.7 Å². The Labute approximate surface area is 211 Å². The van der Waals surface area contributed by atoms with Gasteiger partial charge in [-0.25, -0.2) is 4.79 Å². The Morgan fingerprint density at radius 1 is 0.778 bits per heavy atom. The first-order chi connectivity index (χ1) is 17.6.